The Morgan fingerprint density at radius 3 is 2.70 bits per heavy atom. The number of fused-ring (bicyclic) bond motifs is 1. The third-order valence-electron chi connectivity index (χ3n) is 3.67. The number of hydrogen-bond acceptors (Lipinski definition) is 4. The smallest absolute Gasteiger partial charge is 0.144 e. The molecule has 1 saturated carbocycles. The summed E-state index contributed by atoms with van der Waals surface area (Å²) in [5.41, 5.74) is 7.57. The molecule has 20 heavy (non-hydrogen) atoms. The largest absolute Gasteiger partial charge is 0.488 e. The van der Waals surface area contributed by atoms with E-state index < -0.39 is 0 Å². The van der Waals surface area contributed by atoms with Crippen LogP contribution in [0.1, 0.15) is 25.7 Å². The molecule has 108 valence electrons. The van der Waals surface area contributed by atoms with Crippen molar-refractivity contribution in [3.63, 3.8) is 0 Å². The summed E-state index contributed by atoms with van der Waals surface area (Å²) in [5.74, 6) is 0.701. The number of halogens is 1. The lowest BCUT2D eigenvalue weighted by molar-refractivity contribution is 0.0670. The minimum Gasteiger partial charge on any atom is -0.488 e. The van der Waals surface area contributed by atoms with Crippen LogP contribution in [0.4, 0.5) is 5.69 Å². The molecule has 0 aliphatic heterocycles. The average Bonchev–Trinajstić information content (AvgIpc) is 2.42. The molecule has 1 heterocycles. The van der Waals surface area contributed by atoms with E-state index in [-0.39, 0.29) is 24.6 Å². The van der Waals surface area contributed by atoms with Crippen molar-refractivity contribution < 1.29 is 9.84 Å². The fourth-order valence-electron chi connectivity index (χ4n) is 2.56. The monoisotopic (exact) mass is 294 g/mol. The molecular formula is C15H19ClN2O2. The topological polar surface area (TPSA) is 68.4 Å². The molecule has 1 aliphatic carbocycles. The predicted molar refractivity (Wildman–Crippen MR) is 82.3 cm³/mol. The first-order chi connectivity index (χ1) is 9.22. The number of anilines is 1. The highest BCUT2D eigenvalue weighted by Crippen LogP contribution is 2.30. The minimum atomic E-state index is -0.171. The van der Waals surface area contributed by atoms with Crippen molar-refractivity contribution >= 4 is 29.0 Å². The fourth-order valence-corrected chi connectivity index (χ4v) is 2.56. The number of aliphatic hydroxyl groups is 1. The van der Waals surface area contributed by atoms with Gasteiger partial charge < -0.3 is 15.6 Å². The third kappa shape index (κ3) is 3.14. The molecule has 2 aromatic rings. The molecule has 0 saturated heterocycles. The van der Waals surface area contributed by atoms with Crippen molar-refractivity contribution in [2.45, 2.75) is 37.9 Å². The maximum absolute atomic E-state index is 9.50. The lowest BCUT2D eigenvalue weighted by atomic mass is 9.95. The van der Waals surface area contributed by atoms with Gasteiger partial charge in [-0.1, -0.05) is 6.07 Å². The van der Waals surface area contributed by atoms with Crippen LogP contribution >= 0.6 is 12.4 Å². The standard InChI is InChI=1S/C15H18N2O2.ClH/c16-13-8-10-2-1-7-17-14(10)9-15(13)19-12-5-3-11(18)4-6-12;/h1-2,7-9,11-12,18H,3-6,16H2;1H. The maximum atomic E-state index is 9.50. The van der Waals surface area contributed by atoms with Crippen LogP contribution in [-0.4, -0.2) is 22.3 Å². The van der Waals surface area contributed by atoms with Gasteiger partial charge >= 0.3 is 0 Å². The summed E-state index contributed by atoms with van der Waals surface area (Å²) < 4.78 is 5.97. The number of benzene rings is 1. The van der Waals surface area contributed by atoms with Crippen LogP contribution in [0, 0.1) is 0 Å². The predicted octanol–water partition coefficient (Wildman–Crippen LogP) is 2.92. The fraction of sp³-hybridized carbons (Fsp3) is 0.400. The van der Waals surface area contributed by atoms with Gasteiger partial charge in [0.15, 0.2) is 0 Å². The number of nitrogen functional groups attached to an aromatic ring is 1. The Hall–Kier alpha value is -1.52. The molecule has 1 fully saturated rings. The van der Waals surface area contributed by atoms with E-state index in [4.69, 9.17) is 10.5 Å². The first-order valence-electron chi connectivity index (χ1n) is 6.71. The summed E-state index contributed by atoms with van der Waals surface area (Å²) in [4.78, 5) is 4.31. The van der Waals surface area contributed by atoms with Crippen molar-refractivity contribution in [3.8, 4) is 5.75 Å². The van der Waals surface area contributed by atoms with E-state index in [9.17, 15) is 5.11 Å². The second-order valence-corrected chi connectivity index (χ2v) is 5.13. The van der Waals surface area contributed by atoms with Crippen LogP contribution < -0.4 is 10.5 Å². The SMILES string of the molecule is Cl.Nc1cc2cccnc2cc1OC1CCC(O)CC1. The normalized spacial score (nSPS) is 22.2. The molecule has 1 aromatic carbocycles. The van der Waals surface area contributed by atoms with Crippen molar-refractivity contribution in [3.05, 3.63) is 30.5 Å². The number of aliphatic hydroxyl groups excluding tert-OH is 1. The summed E-state index contributed by atoms with van der Waals surface area (Å²) in [5, 5.41) is 10.5. The zero-order valence-electron chi connectivity index (χ0n) is 11.2. The Balaban J connectivity index is 0.00000147. The van der Waals surface area contributed by atoms with E-state index in [2.05, 4.69) is 4.98 Å². The number of rotatable bonds is 2. The number of pyridine rings is 1. The summed E-state index contributed by atoms with van der Waals surface area (Å²) in [6.07, 6.45) is 5.09. The molecule has 0 radical (unpaired) electrons. The van der Waals surface area contributed by atoms with Gasteiger partial charge in [0.2, 0.25) is 0 Å². The molecule has 5 heteroatoms. The van der Waals surface area contributed by atoms with E-state index in [0.717, 1.165) is 36.6 Å². The summed E-state index contributed by atoms with van der Waals surface area (Å²) >= 11 is 0. The number of ether oxygens (including phenoxy) is 1. The van der Waals surface area contributed by atoms with Gasteiger partial charge in [0.05, 0.1) is 23.4 Å². The van der Waals surface area contributed by atoms with Gasteiger partial charge in [-0.25, -0.2) is 0 Å². The molecule has 1 aliphatic rings. The van der Waals surface area contributed by atoms with Gasteiger partial charge in [-0.05, 0) is 37.8 Å². The van der Waals surface area contributed by atoms with Gasteiger partial charge in [-0.2, -0.15) is 0 Å². The highest BCUT2D eigenvalue weighted by molar-refractivity contribution is 5.85. The van der Waals surface area contributed by atoms with Crippen LogP contribution in [0.3, 0.4) is 0 Å². The Kier molecular flexibility index (Phi) is 4.68. The van der Waals surface area contributed by atoms with Gasteiger partial charge in [-0.15, -0.1) is 12.4 Å². The van der Waals surface area contributed by atoms with E-state index >= 15 is 0 Å². The quantitative estimate of drug-likeness (QED) is 0.836. The highest BCUT2D eigenvalue weighted by Gasteiger charge is 2.21. The molecule has 0 unspecified atom stereocenters. The van der Waals surface area contributed by atoms with E-state index in [1.165, 1.54) is 0 Å². The van der Waals surface area contributed by atoms with Crippen molar-refractivity contribution in [1.29, 1.82) is 0 Å². The molecule has 0 bridgehead atoms. The Labute approximate surface area is 124 Å². The van der Waals surface area contributed by atoms with Crippen molar-refractivity contribution in [2.75, 3.05) is 5.73 Å². The third-order valence-corrected chi connectivity index (χ3v) is 3.67. The van der Waals surface area contributed by atoms with Crippen LogP contribution in [0.25, 0.3) is 10.9 Å². The first-order valence-corrected chi connectivity index (χ1v) is 6.71. The van der Waals surface area contributed by atoms with Crippen LogP contribution in [0.2, 0.25) is 0 Å². The summed E-state index contributed by atoms with van der Waals surface area (Å²) in [6, 6.07) is 7.68. The molecule has 3 rings (SSSR count). The van der Waals surface area contributed by atoms with Crippen LogP contribution in [0.5, 0.6) is 5.75 Å². The van der Waals surface area contributed by atoms with E-state index in [1.54, 1.807) is 6.20 Å². The lowest BCUT2D eigenvalue weighted by Gasteiger charge is -2.26. The van der Waals surface area contributed by atoms with E-state index in [1.807, 2.05) is 24.3 Å². The van der Waals surface area contributed by atoms with Gasteiger partial charge in [0.25, 0.3) is 0 Å². The Bertz CT molecular complexity index is 583. The average molecular weight is 295 g/mol. The summed E-state index contributed by atoms with van der Waals surface area (Å²) in [7, 11) is 0. The minimum absolute atomic E-state index is 0. The summed E-state index contributed by atoms with van der Waals surface area (Å²) in [6.45, 7) is 0. The van der Waals surface area contributed by atoms with Gasteiger partial charge in [0, 0.05) is 17.6 Å². The number of nitrogens with two attached hydrogens (primary N) is 1. The number of hydrogen-bond donors (Lipinski definition) is 2. The first kappa shape index (κ1) is 14.9. The second-order valence-electron chi connectivity index (χ2n) is 5.13. The molecule has 3 N–H and O–H groups in total. The van der Waals surface area contributed by atoms with Gasteiger partial charge in [0.1, 0.15) is 5.75 Å². The van der Waals surface area contributed by atoms with Crippen LogP contribution in [-0.2, 0) is 0 Å². The molecule has 0 atom stereocenters. The van der Waals surface area contributed by atoms with Crippen molar-refractivity contribution in [1.82, 2.24) is 4.98 Å². The Morgan fingerprint density at radius 2 is 1.95 bits per heavy atom. The van der Waals surface area contributed by atoms with Gasteiger partial charge in [-0.3, -0.25) is 4.98 Å². The molecule has 0 amide bonds. The number of nitrogens with zero attached hydrogens (tertiary/aromatic N) is 1. The van der Waals surface area contributed by atoms with Crippen LogP contribution in [0.15, 0.2) is 30.5 Å². The molecule has 1 aromatic heterocycles. The molecular weight excluding hydrogens is 276 g/mol. The van der Waals surface area contributed by atoms with Crippen molar-refractivity contribution in [2.24, 2.45) is 0 Å². The maximum Gasteiger partial charge on any atom is 0.144 e. The zero-order valence-corrected chi connectivity index (χ0v) is 12.0. The Morgan fingerprint density at radius 1 is 1.20 bits per heavy atom. The molecule has 4 nitrogen and oxygen atoms in total. The zero-order chi connectivity index (χ0) is 13.2. The highest BCUT2D eigenvalue weighted by atomic mass is 35.5. The second kappa shape index (κ2) is 6.29. The van der Waals surface area contributed by atoms with E-state index in [0.29, 0.717) is 11.4 Å². The molecule has 0 spiro atoms. The lowest BCUT2D eigenvalue weighted by Crippen LogP contribution is -2.26. The number of aromatic nitrogens is 1.